The van der Waals surface area contributed by atoms with Crippen molar-refractivity contribution in [3.05, 3.63) is 11.8 Å². The van der Waals surface area contributed by atoms with Gasteiger partial charge in [0.2, 0.25) is 11.9 Å². The number of anilines is 2. The maximum atomic E-state index is 12.2. The molecular formula is C16H25N5O. The second-order valence-corrected chi connectivity index (χ2v) is 6.28. The fraction of sp³-hybridized carbons (Fsp3) is 0.688. The van der Waals surface area contributed by atoms with E-state index < -0.39 is 0 Å². The van der Waals surface area contributed by atoms with E-state index in [1.165, 1.54) is 0 Å². The molecule has 2 aliphatic heterocycles. The Morgan fingerprint density at radius 3 is 2.73 bits per heavy atom. The molecule has 0 bridgehead atoms. The van der Waals surface area contributed by atoms with Crippen molar-refractivity contribution in [1.29, 1.82) is 0 Å². The van der Waals surface area contributed by atoms with Gasteiger partial charge in [0.05, 0.1) is 12.1 Å². The molecule has 1 aromatic rings. The van der Waals surface area contributed by atoms with Crippen LogP contribution >= 0.6 is 0 Å². The number of carbonyl (C=O) groups is 1. The molecule has 3 heterocycles. The summed E-state index contributed by atoms with van der Waals surface area (Å²) in [4.78, 5) is 25.2. The Hall–Kier alpha value is -1.85. The minimum atomic E-state index is 0.271. The summed E-state index contributed by atoms with van der Waals surface area (Å²) in [6.45, 7) is 5.76. The van der Waals surface area contributed by atoms with Gasteiger partial charge in [-0.1, -0.05) is 6.92 Å². The van der Waals surface area contributed by atoms with Crippen molar-refractivity contribution in [3.63, 3.8) is 0 Å². The molecule has 0 saturated carbocycles. The number of likely N-dealkylation sites (tertiary alicyclic amines) is 1. The number of nitrogens with two attached hydrogens (primary N) is 1. The quantitative estimate of drug-likeness (QED) is 0.920. The van der Waals surface area contributed by atoms with E-state index in [1.54, 1.807) is 0 Å². The number of aryl methyl sites for hydroxylation is 1. The highest BCUT2D eigenvalue weighted by atomic mass is 16.2. The predicted molar refractivity (Wildman–Crippen MR) is 86.6 cm³/mol. The van der Waals surface area contributed by atoms with E-state index in [2.05, 4.69) is 19.8 Å². The summed E-state index contributed by atoms with van der Waals surface area (Å²) in [5.74, 6) is 1.50. The molecule has 0 unspecified atom stereocenters. The Morgan fingerprint density at radius 1 is 1.27 bits per heavy atom. The van der Waals surface area contributed by atoms with Crippen molar-refractivity contribution in [3.8, 4) is 0 Å². The van der Waals surface area contributed by atoms with Crippen LogP contribution in [0.3, 0.4) is 0 Å². The largest absolute Gasteiger partial charge is 0.368 e. The zero-order valence-corrected chi connectivity index (χ0v) is 13.5. The highest BCUT2D eigenvalue weighted by molar-refractivity contribution is 5.76. The fourth-order valence-electron chi connectivity index (χ4n) is 3.90. The Morgan fingerprint density at radius 2 is 2.00 bits per heavy atom. The molecule has 22 heavy (non-hydrogen) atoms. The van der Waals surface area contributed by atoms with Crippen LogP contribution in [0.4, 0.5) is 11.8 Å². The summed E-state index contributed by atoms with van der Waals surface area (Å²) in [7, 11) is 0. The molecule has 0 aliphatic carbocycles. The lowest BCUT2D eigenvalue weighted by Gasteiger charge is -2.35. The molecule has 1 amide bonds. The van der Waals surface area contributed by atoms with Crippen LogP contribution in [0.2, 0.25) is 0 Å². The standard InChI is InChI=1S/C16H25N5O/c1-3-15(22)21-9-5-7-13(21)12-6-4-8-20(12)14-10-11(2)18-16(17)19-14/h10,12-13H,3-9H2,1-2H3,(H2,17,18,19)/t12-,13+/m1/s1. The normalized spacial score (nSPS) is 25.0. The predicted octanol–water partition coefficient (Wildman–Crippen LogP) is 1.74. The van der Waals surface area contributed by atoms with Crippen LogP contribution in [0, 0.1) is 6.92 Å². The maximum Gasteiger partial charge on any atom is 0.222 e. The van der Waals surface area contributed by atoms with E-state index in [0.717, 1.165) is 50.3 Å². The highest BCUT2D eigenvalue weighted by Crippen LogP contribution is 2.33. The van der Waals surface area contributed by atoms with Gasteiger partial charge in [0.1, 0.15) is 5.82 Å². The van der Waals surface area contributed by atoms with Gasteiger partial charge in [-0.3, -0.25) is 4.79 Å². The number of hydrogen-bond donors (Lipinski definition) is 1. The van der Waals surface area contributed by atoms with E-state index in [0.29, 0.717) is 24.5 Å². The molecule has 1 aromatic heterocycles. The Labute approximate surface area is 131 Å². The first-order valence-corrected chi connectivity index (χ1v) is 8.27. The maximum absolute atomic E-state index is 12.2. The number of aromatic nitrogens is 2. The highest BCUT2D eigenvalue weighted by Gasteiger charge is 2.39. The molecule has 2 saturated heterocycles. The number of hydrogen-bond acceptors (Lipinski definition) is 5. The number of nitrogens with zero attached hydrogens (tertiary/aromatic N) is 4. The zero-order chi connectivity index (χ0) is 15.7. The van der Waals surface area contributed by atoms with Crippen molar-refractivity contribution in [2.75, 3.05) is 23.7 Å². The Kier molecular flexibility index (Phi) is 4.18. The molecule has 6 nitrogen and oxygen atoms in total. The second-order valence-electron chi connectivity index (χ2n) is 6.28. The topological polar surface area (TPSA) is 75.4 Å². The summed E-state index contributed by atoms with van der Waals surface area (Å²) in [5, 5.41) is 0. The van der Waals surface area contributed by atoms with E-state index in [9.17, 15) is 4.79 Å². The van der Waals surface area contributed by atoms with E-state index in [-0.39, 0.29) is 5.91 Å². The molecule has 0 radical (unpaired) electrons. The first kappa shape index (κ1) is 15.1. The molecule has 0 aromatic carbocycles. The number of rotatable bonds is 3. The molecular weight excluding hydrogens is 278 g/mol. The molecule has 0 spiro atoms. The fourth-order valence-corrected chi connectivity index (χ4v) is 3.90. The molecule has 2 aliphatic rings. The number of carbonyl (C=O) groups excluding carboxylic acids is 1. The van der Waals surface area contributed by atoms with Crippen molar-refractivity contribution in [2.24, 2.45) is 0 Å². The first-order valence-electron chi connectivity index (χ1n) is 8.27. The number of amides is 1. The summed E-state index contributed by atoms with van der Waals surface area (Å²) in [6, 6.07) is 2.66. The summed E-state index contributed by atoms with van der Waals surface area (Å²) in [6.07, 6.45) is 5.03. The van der Waals surface area contributed by atoms with Crippen LogP contribution in [0.5, 0.6) is 0 Å². The smallest absolute Gasteiger partial charge is 0.222 e. The molecule has 2 fully saturated rings. The Balaban J connectivity index is 1.85. The molecule has 120 valence electrons. The monoisotopic (exact) mass is 303 g/mol. The van der Waals surface area contributed by atoms with Gasteiger partial charge in [-0.2, -0.15) is 4.98 Å². The van der Waals surface area contributed by atoms with Gasteiger partial charge in [-0.05, 0) is 32.6 Å². The first-order chi connectivity index (χ1) is 10.6. The third-order valence-corrected chi connectivity index (χ3v) is 4.82. The van der Waals surface area contributed by atoms with Gasteiger partial charge in [0, 0.05) is 31.3 Å². The van der Waals surface area contributed by atoms with Crippen LogP contribution in [0.25, 0.3) is 0 Å². The average Bonchev–Trinajstić information content (AvgIpc) is 3.13. The van der Waals surface area contributed by atoms with Crippen molar-refractivity contribution in [1.82, 2.24) is 14.9 Å². The van der Waals surface area contributed by atoms with E-state index >= 15 is 0 Å². The van der Waals surface area contributed by atoms with Crippen LogP contribution in [-0.4, -0.2) is 45.9 Å². The van der Waals surface area contributed by atoms with Gasteiger partial charge >= 0.3 is 0 Å². The van der Waals surface area contributed by atoms with Crippen molar-refractivity contribution in [2.45, 2.75) is 58.0 Å². The molecule has 3 rings (SSSR count). The van der Waals surface area contributed by atoms with Crippen LogP contribution in [0.15, 0.2) is 6.07 Å². The zero-order valence-electron chi connectivity index (χ0n) is 13.5. The average molecular weight is 303 g/mol. The molecule has 6 heteroatoms. The minimum Gasteiger partial charge on any atom is -0.368 e. The van der Waals surface area contributed by atoms with Gasteiger partial charge in [0.15, 0.2) is 0 Å². The third-order valence-electron chi connectivity index (χ3n) is 4.82. The second kappa shape index (κ2) is 6.10. The lowest BCUT2D eigenvalue weighted by atomic mass is 10.0. The lowest BCUT2D eigenvalue weighted by molar-refractivity contribution is -0.132. The number of nitrogen functional groups attached to an aromatic ring is 1. The molecule has 2 N–H and O–H groups in total. The van der Waals surface area contributed by atoms with Gasteiger partial charge in [0.25, 0.3) is 0 Å². The minimum absolute atomic E-state index is 0.271. The third kappa shape index (κ3) is 2.74. The summed E-state index contributed by atoms with van der Waals surface area (Å²) < 4.78 is 0. The van der Waals surface area contributed by atoms with E-state index in [1.807, 2.05) is 19.9 Å². The lowest BCUT2D eigenvalue weighted by Crippen LogP contribution is -2.48. The van der Waals surface area contributed by atoms with E-state index in [4.69, 9.17) is 5.73 Å². The molecule has 2 atom stereocenters. The Bertz CT molecular complexity index is 541. The van der Waals surface area contributed by atoms with Crippen LogP contribution in [0.1, 0.15) is 44.7 Å². The van der Waals surface area contributed by atoms with Gasteiger partial charge in [-0.15, -0.1) is 0 Å². The van der Waals surface area contributed by atoms with Crippen molar-refractivity contribution >= 4 is 17.7 Å². The summed E-state index contributed by atoms with van der Waals surface area (Å²) in [5.41, 5.74) is 6.70. The van der Waals surface area contributed by atoms with Crippen LogP contribution in [-0.2, 0) is 4.79 Å². The van der Waals surface area contributed by atoms with Gasteiger partial charge in [-0.25, -0.2) is 4.98 Å². The summed E-state index contributed by atoms with van der Waals surface area (Å²) >= 11 is 0. The van der Waals surface area contributed by atoms with Crippen molar-refractivity contribution < 1.29 is 4.79 Å². The SMILES string of the molecule is CCC(=O)N1CCC[C@H]1[C@H]1CCCN1c1cc(C)nc(N)n1. The van der Waals surface area contributed by atoms with Crippen LogP contribution < -0.4 is 10.6 Å². The van der Waals surface area contributed by atoms with Gasteiger partial charge < -0.3 is 15.5 Å².